The summed E-state index contributed by atoms with van der Waals surface area (Å²) < 4.78 is 16.2. The van der Waals surface area contributed by atoms with Crippen molar-refractivity contribution >= 4 is 23.5 Å². The van der Waals surface area contributed by atoms with Crippen molar-refractivity contribution in [2.45, 2.75) is 43.5 Å². The molecule has 1 aliphatic rings. The van der Waals surface area contributed by atoms with Gasteiger partial charge in [0.1, 0.15) is 5.82 Å². The molecule has 1 aromatic heterocycles. The fraction of sp³-hybridized carbons (Fsp3) is 0.452. The van der Waals surface area contributed by atoms with Crippen LogP contribution in [0.1, 0.15) is 48.0 Å². The molecule has 3 aromatic rings. The van der Waals surface area contributed by atoms with Gasteiger partial charge in [0.25, 0.3) is 5.91 Å². The number of benzene rings is 2. The fourth-order valence-corrected chi connectivity index (χ4v) is 5.15. The van der Waals surface area contributed by atoms with Gasteiger partial charge in [-0.25, -0.2) is 9.97 Å². The SMILES string of the molecule is COc1ccc(CCN(C)c2cc(C(C)(C)C)nc(SCc3ccc(C(=O)N4CCOCC4)cc3)n2)cc1OC. The molecule has 1 amide bonds. The Morgan fingerprint density at radius 3 is 2.30 bits per heavy atom. The predicted octanol–water partition coefficient (Wildman–Crippen LogP) is 5.23. The average molecular weight is 565 g/mol. The largest absolute Gasteiger partial charge is 0.493 e. The van der Waals surface area contributed by atoms with Crippen LogP contribution in [0.5, 0.6) is 11.5 Å². The predicted molar refractivity (Wildman–Crippen MR) is 160 cm³/mol. The molecule has 9 heteroatoms. The molecule has 2 aromatic carbocycles. The quantitative estimate of drug-likeness (QED) is 0.245. The standard InChI is InChI=1S/C31H40N4O4S/c1-31(2,3)27-20-28(34(4)14-13-22-9-12-25(37-5)26(19-22)38-6)33-30(32-27)40-21-23-7-10-24(11-8-23)29(36)35-15-17-39-18-16-35/h7-12,19-20H,13-18,21H2,1-6H3. The number of hydrogen-bond acceptors (Lipinski definition) is 8. The summed E-state index contributed by atoms with van der Waals surface area (Å²) in [5, 5.41) is 0.744. The molecule has 4 rings (SSSR count). The van der Waals surface area contributed by atoms with Crippen molar-refractivity contribution in [3.8, 4) is 11.5 Å². The van der Waals surface area contributed by atoms with Gasteiger partial charge in [-0.15, -0.1) is 0 Å². The number of morpholine rings is 1. The van der Waals surface area contributed by atoms with Crippen LogP contribution in [-0.4, -0.2) is 74.9 Å². The number of nitrogens with zero attached hydrogens (tertiary/aromatic N) is 4. The lowest BCUT2D eigenvalue weighted by Crippen LogP contribution is -2.40. The number of rotatable bonds is 10. The minimum absolute atomic E-state index is 0.0597. The first kappa shape index (κ1) is 29.7. The van der Waals surface area contributed by atoms with E-state index in [1.807, 2.05) is 41.3 Å². The molecule has 0 bridgehead atoms. The molecule has 1 saturated heterocycles. The second-order valence-corrected chi connectivity index (χ2v) is 11.8. The van der Waals surface area contributed by atoms with Crippen LogP contribution in [0.2, 0.25) is 0 Å². The van der Waals surface area contributed by atoms with Crippen LogP contribution in [0.3, 0.4) is 0 Å². The molecule has 1 aliphatic heterocycles. The number of ether oxygens (including phenoxy) is 3. The van der Waals surface area contributed by atoms with E-state index in [2.05, 4.69) is 44.9 Å². The second kappa shape index (κ2) is 13.4. The molecule has 2 heterocycles. The van der Waals surface area contributed by atoms with Crippen LogP contribution in [0, 0.1) is 0 Å². The normalized spacial score (nSPS) is 13.7. The van der Waals surface area contributed by atoms with E-state index in [9.17, 15) is 4.79 Å². The number of likely N-dealkylation sites (N-methyl/N-ethyl adjacent to an activating group) is 1. The summed E-state index contributed by atoms with van der Waals surface area (Å²) in [5.41, 5.74) is 3.89. The van der Waals surface area contributed by atoms with E-state index in [-0.39, 0.29) is 11.3 Å². The van der Waals surface area contributed by atoms with Gasteiger partial charge in [0.05, 0.1) is 33.1 Å². The molecule has 0 atom stereocenters. The maximum atomic E-state index is 12.8. The van der Waals surface area contributed by atoms with E-state index >= 15 is 0 Å². The number of amides is 1. The molecular formula is C31H40N4O4S. The van der Waals surface area contributed by atoms with Gasteiger partial charge in [0.15, 0.2) is 16.7 Å². The third-order valence-corrected chi connectivity index (χ3v) is 7.82. The summed E-state index contributed by atoms with van der Waals surface area (Å²) in [7, 11) is 5.36. The topological polar surface area (TPSA) is 77.0 Å². The molecule has 40 heavy (non-hydrogen) atoms. The Kier molecular flexibility index (Phi) is 9.92. The van der Waals surface area contributed by atoms with Gasteiger partial charge in [-0.1, -0.05) is 50.7 Å². The molecule has 214 valence electrons. The Balaban J connectivity index is 1.43. The van der Waals surface area contributed by atoms with Gasteiger partial charge < -0.3 is 24.0 Å². The number of aromatic nitrogens is 2. The van der Waals surface area contributed by atoms with Crippen LogP contribution in [-0.2, 0) is 22.3 Å². The molecule has 0 N–H and O–H groups in total. The highest BCUT2D eigenvalue weighted by molar-refractivity contribution is 7.98. The van der Waals surface area contributed by atoms with E-state index in [4.69, 9.17) is 24.2 Å². The average Bonchev–Trinajstić information content (AvgIpc) is 2.98. The van der Waals surface area contributed by atoms with E-state index in [0.717, 1.165) is 46.7 Å². The van der Waals surface area contributed by atoms with Crippen LogP contribution < -0.4 is 14.4 Å². The highest BCUT2D eigenvalue weighted by Gasteiger charge is 2.21. The Bertz CT molecular complexity index is 1290. The lowest BCUT2D eigenvalue weighted by atomic mass is 9.92. The van der Waals surface area contributed by atoms with Crippen molar-refractivity contribution in [3.05, 3.63) is 70.9 Å². The zero-order valence-electron chi connectivity index (χ0n) is 24.4. The van der Waals surface area contributed by atoms with E-state index in [0.29, 0.717) is 37.6 Å². The molecule has 0 radical (unpaired) electrons. The number of carbonyl (C=O) groups is 1. The first-order chi connectivity index (χ1) is 19.2. The maximum Gasteiger partial charge on any atom is 0.254 e. The molecule has 0 unspecified atom stereocenters. The van der Waals surface area contributed by atoms with Crippen molar-refractivity contribution in [2.75, 3.05) is 59.0 Å². The molecular weight excluding hydrogens is 524 g/mol. The molecule has 1 fully saturated rings. The summed E-state index contributed by atoms with van der Waals surface area (Å²) in [6.07, 6.45) is 0.837. The first-order valence-electron chi connectivity index (χ1n) is 13.6. The van der Waals surface area contributed by atoms with Crippen molar-refractivity contribution < 1.29 is 19.0 Å². The van der Waals surface area contributed by atoms with Crippen LogP contribution >= 0.6 is 11.8 Å². The number of anilines is 1. The zero-order valence-corrected chi connectivity index (χ0v) is 25.2. The molecule has 0 spiro atoms. The van der Waals surface area contributed by atoms with Gasteiger partial charge in [-0.3, -0.25) is 4.79 Å². The summed E-state index contributed by atoms with van der Waals surface area (Å²) >= 11 is 1.61. The van der Waals surface area contributed by atoms with Gasteiger partial charge in [-0.2, -0.15) is 0 Å². The Morgan fingerprint density at radius 1 is 0.975 bits per heavy atom. The minimum Gasteiger partial charge on any atom is -0.493 e. The van der Waals surface area contributed by atoms with Crippen molar-refractivity contribution in [3.63, 3.8) is 0 Å². The summed E-state index contributed by atoms with van der Waals surface area (Å²) in [4.78, 5) is 26.6. The van der Waals surface area contributed by atoms with Crippen LogP contribution in [0.4, 0.5) is 5.82 Å². The Morgan fingerprint density at radius 2 is 1.65 bits per heavy atom. The number of hydrogen-bond donors (Lipinski definition) is 0. The summed E-state index contributed by atoms with van der Waals surface area (Å²) in [6.45, 7) is 9.78. The molecule has 8 nitrogen and oxygen atoms in total. The third kappa shape index (κ3) is 7.67. The van der Waals surface area contributed by atoms with Crippen LogP contribution in [0.25, 0.3) is 0 Å². The van der Waals surface area contributed by atoms with Gasteiger partial charge >= 0.3 is 0 Å². The van der Waals surface area contributed by atoms with Crippen LogP contribution in [0.15, 0.2) is 53.7 Å². The monoisotopic (exact) mass is 564 g/mol. The molecule has 0 saturated carbocycles. The second-order valence-electron chi connectivity index (χ2n) is 10.9. The Labute approximate surface area is 242 Å². The summed E-state index contributed by atoms with van der Waals surface area (Å²) in [6, 6.07) is 16.0. The number of thioether (sulfide) groups is 1. The zero-order chi connectivity index (χ0) is 28.7. The van der Waals surface area contributed by atoms with E-state index in [1.54, 1.807) is 26.0 Å². The number of methoxy groups -OCH3 is 2. The highest BCUT2D eigenvalue weighted by Crippen LogP contribution is 2.30. The third-order valence-electron chi connectivity index (χ3n) is 6.90. The van der Waals surface area contributed by atoms with E-state index in [1.165, 1.54) is 5.56 Å². The summed E-state index contributed by atoms with van der Waals surface area (Å²) in [5.74, 6) is 3.13. The van der Waals surface area contributed by atoms with Gasteiger partial charge in [-0.05, 0) is 41.8 Å². The van der Waals surface area contributed by atoms with Gasteiger partial charge in [0, 0.05) is 49.5 Å². The highest BCUT2D eigenvalue weighted by atomic mass is 32.2. The van der Waals surface area contributed by atoms with Crippen molar-refractivity contribution in [2.24, 2.45) is 0 Å². The van der Waals surface area contributed by atoms with E-state index < -0.39 is 0 Å². The smallest absolute Gasteiger partial charge is 0.254 e. The maximum absolute atomic E-state index is 12.8. The molecule has 0 aliphatic carbocycles. The lowest BCUT2D eigenvalue weighted by molar-refractivity contribution is 0.0303. The Hall–Kier alpha value is -3.30. The first-order valence-corrected chi connectivity index (χ1v) is 14.6. The van der Waals surface area contributed by atoms with Crippen molar-refractivity contribution in [1.29, 1.82) is 0 Å². The van der Waals surface area contributed by atoms with Crippen molar-refractivity contribution in [1.82, 2.24) is 14.9 Å². The number of carbonyl (C=O) groups excluding carboxylic acids is 1. The fourth-order valence-electron chi connectivity index (χ4n) is 4.35. The lowest BCUT2D eigenvalue weighted by Gasteiger charge is -2.26. The minimum atomic E-state index is -0.112. The van der Waals surface area contributed by atoms with Gasteiger partial charge in [0.2, 0.25) is 0 Å².